The van der Waals surface area contributed by atoms with Gasteiger partial charge in [-0.15, -0.1) is 0 Å². The monoisotopic (exact) mass is 280 g/mol. The Balaban J connectivity index is 3.38. The maximum atomic E-state index is 13.0. The molecule has 0 saturated carbocycles. The summed E-state index contributed by atoms with van der Waals surface area (Å²) in [5.41, 5.74) is 10.4. The third kappa shape index (κ3) is 1.66. The number of carbonyl (C=O) groups excluding carboxylic acids is 1. The van der Waals surface area contributed by atoms with Crippen molar-refractivity contribution in [3.8, 4) is 0 Å². The molecule has 0 aliphatic rings. The standard InChI is InChI=1S/C7H6FIN2O/c8-4-1-3(10)2-5(9)6(4)7(11)12/h1-2H,10H2,(H2,11,12). The van der Waals surface area contributed by atoms with Gasteiger partial charge in [0.05, 0.1) is 5.56 Å². The van der Waals surface area contributed by atoms with Crippen LogP contribution in [-0.4, -0.2) is 5.91 Å². The second kappa shape index (κ2) is 3.26. The molecule has 5 heteroatoms. The number of halogens is 2. The average molecular weight is 280 g/mol. The minimum absolute atomic E-state index is 0.107. The zero-order valence-electron chi connectivity index (χ0n) is 5.97. The molecule has 0 aromatic heterocycles. The van der Waals surface area contributed by atoms with Crippen molar-refractivity contribution in [1.82, 2.24) is 0 Å². The number of nitrogen functional groups attached to an aromatic ring is 1. The lowest BCUT2D eigenvalue weighted by Gasteiger charge is -2.02. The number of hydrogen-bond donors (Lipinski definition) is 2. The van der Waals surface area contributed by atoms with Crippen molar-refractivity contribution >= 4 is 34.2 Å². The van der Waals surface area contributed by atoms with E-state index in [1.807, 2.05) is 0 Å². The van der Waals surface area contributed by atoms with Gasteiger partial charge in [0.15, 0.2) is 0 Å². The molecule has 12 heavy (non-hydrogen) atoms. The Morgan fingerprint density at radius 3 is 2.50 bits per heavy atom. The number of primary amides is 1. The minimum Gasteiger partial charge on any atom is -0.399 e. The number of anilines is 1. The van der Waals surface area contributed by atoms with E-state index in [4.69, 9.17) is 11.5 Å². The summed E-state index contributed by atoms with van der Waals surface area (Å²) in [6.45, 7) is 0. The normalized spacial score (nSPS) is 9.83. The summed E-state index contributed by atoms with van der Waals surface area (Å²) in [6.07, 6.45) is 0. The fourth-order valence-corrected chi connectivity index (χ4v) is 1.71. The first-order chi connectivity index (χ1) is 5.52. The molecule has 1 rings (SSSR count). The molecule has 0 heterocycles. The van der Waals surface area contributed by atoms with Crippen LogP contribution < -0.4 is 11.5 Å². The van der Waals surface area contributed by atoms with E-state index in [1.165, 1.54) is 6.07 Å². The lowest BCUT2D eigenvalue weighted by Crippen LogP contribution is -2.15. The fourth-order valence-electron chi connectivity index (χ4n) is 0.828. The highest BCUT2D eigenvalue weighted by molar-refractivity contribution is 14.1. The molecular formula is C7H6FIN2O. The van der Waals surface area contributed by atoms with Gasteiger partial charge in [0, 0.05) is 9.26 Å². The zero-order chi connectivity index (χ0) is 9.30. The van der Waals surface area contributed by atoms with Crippen LogP contribution in [0.1, 0.15) is 10.4 Å². The zero-order valence-corrected chi connectivity index (χ0v) is 8.13. The van der Waals surface area contributed by atoms with Crippen molar-refractivity contribution < 1.29 is 9.18 Å². The van der Waals surface area contributed by atoms with Crippen molar-refractivity contribution in [1.29, 1.82) is 0 Å². The maximum Gasteiger partial charge on any atom is 0.252 e. The van der Waals surface area contributed by atoms with Crippen LogP contribution in [0.2, 0.25) is 0 Å². The molecule has 0 radical (unpaired) electrons. The molecule has 0 fully saturated rings. The van der Waals surface area contributed by atoms with Gasteiger partial charge in [0.25, 0.3) is 5.91 Å². The van der Waals surface area contributed by atoms with Gasteiger partial charge in [-0.2, -0.15) is 0 Å². The van der Waals surface area contributed by atoms with Crippen LogP contribution in [0.15, 0.2) is 12.1 Å². The summed E-state index contributed by atoms with van der Waals surface area (Å²) in [4.78, 5) is 10.7. The molecule has 0 saturated heterocycles. The number of carbonyl (C=O) groups is 1. The molecule has 1 aromatic rings. The maximum absolute atomic E-state index is 13.0. The summed E-state index contributed by atoms with van der Waals surface area (Å²) >= 11 is 1.81. The highest BCUT2D eigenvalue weighted by Gasteiger charge is 2.12. The van der Waals surface area contributed by atoms with Crippen LogP contribution >= 0.6 is 22.6 Å². The Hall–Kier alpha value is -0.850. The number of rotatable bonds is 1. The lowest BCUT2D eigenvalue weighted by molar-refractivity contribution is 0.0995. The first-order valence-electron chi connectivity index (χ1n) is 3.06. The van der Waals surface area contributed by atoms with Crippen LogP contribution in [0, 0.1) is 9.39 Å². The predicted molar refractivity (Wildman–Crippen MR) is 52.0 cm³/mol. The van der Waals surface area contributed by atoms with Gasteiger partial charge in [-0.25, -0.2) is 4.39 Å². The smallest absolute Gasteiger partial charge is 0.252 e. The van der Waals surface area contributed by atoms with Gasteiger partial charge in [-0.3, -0.25) is 4.79 Å². The molecule has 1 aromatic carbocycles. The van der Waals surface area contributed by atoms with E-state index in [9.17, 15) is 9.18 Å². The third-order valence-corrected chi connectivity index (χ3v) is 2.16. The number of benzene rings is 1. The van der Waals surface area contributed by atoms with E-state index in [-0.39, 0.29) is 11.3 Å². The predicted octanol–water partition coefficient (Wildman–Crippen LogP) is 1.11. The molecule has 0 aliphatic carbocycles. The van der Waals surface area contributed by atoms with E-state index < -0.39 is 11.7 Å². The van der Waals surface area contributed by atoms with E-state index in [2.05, 4.69) is 0 Å². The number of amides is 1. The Bertz CT molecular complexity index is 317. The van der Waals surface area contributed by atoms with Gasteiger partial charge in [-0.1, -0.05) is 0 Å². The summed E-state index contributed by atoms with van der Waals surface area (Å²) in [7, 11) is 0. The molecule has 0 aliphatic heterocycles. The van der Waals surface area contributed by atoms with Crippen molar-refractivity contribution in [3.63, 3.8) is 0 Å². The van der Waals surface area contributed by atoms with Crippen LogP contribution in [0.3, 0.4) is 0 Å². The average Bonchev–Trinajstić information content (AvgIpc) is 1.82. The molecule has 0 bridgehead atoms. The summed E-state index contributed by atoms with van der Waals surface area (Å²) < 4.78 is 13.4. The van der Waals surface area contributed by atoms with Crippen molar-refractivity contribution in [2.75, 3.05) is 5.73 Å². The molecule has 1 amide bonds. The van der Waals surface area contributed by atoms with E-state index in [0.29, 0.717) is 3.57 Å². The van der Waals surface area contributed by atoms with Crippen LogP contribution in [0.4, 0.5) is 10.1 Å². The van der Waals surface area contributed by atoms with Gasteiger partial charge < -0.3 is 11.5 Å². The molecule has 64 valence electrons. The first kappa shape index (κ1) is 9.24. The Kier molecular flexibility index (Phi) is 2.51. The summed E-state index contributed by atoms with van der Waals surface area (Å²) in [5.74, 6) is -1.45. The quantitative estimate of drug-likeness (QED) is 0.597. The second-order valence-electron chi connectivity index (χ2n) is 2.22. The summed E-state index contributed by atoms with van der Waals surface area (Å²) in [5, 5.41) is 0. The van der Waals surface area contributed by atoms with Crippen LogP contribution in [0.25, 0.3) is 0 Å². The molecule has 4 N–H and O–H groups in total. The van der Waals surface area contributed by atoms with Gasteiger partial charge in [0.2, 0.25) is 0 Å². The fraction of sp³-hybridized carbons (Fsp3) is 0. The molecule has 0 spiro atoms. The largest absolute Gasteiger partial charge is 0.399 e. The van der Waals surface area contributed by atoms with Crippen molar-refractivity contribution in [2.45, 2.75) is 0 Å². The highest BCUT2D eigenvalue weighted by atomic mass is 127. The molecule has 3 nitrogen and oxygen atoms in total. The molecule has 0 unspecified atom stereocenters. The minimum atomic E-state index is -0.781. The Morgan fingerprint density at radius 2 is 2.08 bits per heavy atom. The van der Waals surface area contributed by atoms with E-state index in [0.717, 1.165) is 6.07 Å². The van der Waals surface area contributed by atoms with E-state index >= 15 is 0 Å². The SMILES string of the molecule is NC(=O)c1c(F)cc(N)cc1I. The topological polar surface area (TPSA) is 69.1 Å². The number of hydrogen-bond acceptors (Lipinski definition) is 2. The Labute approximate surface area is 82.1 Å². The van der Waals surface area contributed by atoms with Gasteiger partial charge >= 0.3 is 0 Å². The summed E-state index contributed by atoms with van der Waals surface area (Å²) in [6, 6.07) is 2.56. The molecule has 0 atom stereocenters. The van der Waals surface area contributed by atoms with Crippen LogP contribution in [-0.2, 0) is 0 Å². The first-order valence-corrected chi connectivity index (χ1v) is 4.14. The number of nitrogens with two attached hydrogens (primary N) is 2. The van der Waals surface area contributed by atoms with E-state index in [1.54, 1.807) is 22.6 Å². The van der Waals surface area contributed by atoms with Gasteiger partial charge in [0.1, 0.15) is 5.82 Å². The lowest BCUT2D eigenvalue weighted by atomic mass is 10.2. The Morgan fingerprint density at radius 1 is 1.50 bits per heavy atom. The van der Waals surface area contributed by atoms with Crippen LogP contribution in [0.5, 0.6) is 0 Å². The second-order valence-corrected chi connectivity index (χ2v) is 3.39. The highest BCUT2D eigenvalue weighted by Crippen LogP contribution is 2.19. The van der Waals surface area contributed by atoms with Crippen molar-refractivity contribution in [3.05, 3.63) is 27.1 Å². The van der Waals surface area contributed by atoms with Gasteiger partial charge in [-0.05, 0) is 34.7 Å². The third-order valence-electron chi connectivity index (χ3n) is 1.31. The molecular weight excluding hydrogens is 274 g/mol. The van der Waals surface area contributed by atoms with Crippen molar-refractivity contribution in [2.24, 2.45) is 5.73 Å².